The lowest BCUT2D eigenvalue weighted by atomic mass is 10.0. The third-order valence-electron chi connectivity index (χ3n) is 17.0. The Morgan fingerprint density at radius 2 is 1.11 bits per heavy atom. The number of nitrogens with two attached hydrogens (primary N) is 5. The van der Waals surface area contributed by atoms with Crippen molar-refractivity contribution in [2.75, 3.05) is 64.4 Å². The Morgan fingerprint density at radius 1 is 0.619 bits per heavy atom. The molecule has 1 aromatic heterocycles. The maximum atomic E-state index is 14.4. The summed E-state index contributed by atoms with van der Waals surface area (Å²) in [5.74, 6) is -9.95. The minimum atomic E-state index is -1.75. The summed E-state index contributed by atoms with van der Waals surface area (Å²) >= 11 is 1.44. The first kappa shape index (κ1) is 78.8. The molecule has 4 fully saturated rings. The van der Waals surface area contributed by atoms with E-state index in [0.29, 0.717) is 43.6 Å². The Kier molecular flexibility index (Phi) is 32.5. The molecular weight excluding hydrogens is 1290 g/mol. The maximum absolute atomic E-state index is 14.4. The van der Waals surface area contributed by atoms with Crippen LogP contribution in [0.4, 0.5) is 0 Å². The number of aromatic nitrogens is 2. The van der Waals surface area contributed by atoms with Crippen molar-refractivity contribution in [3.63, 3.8) is 0 Å². The predicted octanol–water partition coefficient (Wildman–Crippen LogP) is -6.17. The molecule has 0 spiro atoms. The number of thioether (sulfide) groups is 1. The molecule has 0 bridgehead atoms. The van der Waals surface area contributed by atoms with E-state index in [1.807, 2.05) is 6.26 Å². The molecule has 0 aliphatic carbocycles. The molecule has 4 aliphatic rings. The molecule has 4 aliphatic heterocycles. The average molecular weight is 1390 g/mol. The van der Waals surface area contributed by atoms with Crippen molar-refractivity contribution in [3.05, 3.63) is 18.2 Å². The zero-order valence-electron chi connectivity index (χ0n) is 55.4. The lowest BCUT2D eigenvalue weighted by Gasteiger charge is -2.31. The topological polar surface area (TPSA) is 564 Å². The average Bonchev–Trinajstić information content (AvgIpc) is 1.76. The highest BCUT2D eigenvalue weighted by Crippen LogP contribution is 2.24. The fourth-order valence-electron chi connectivity index (χ4n) is 11.9. The van der Waals surface area contributed by atoms with E-state index in [1.165, 1.54) is 39.0 Å². The number of carboxylic acid groups (broad SMARTS) is 1. The third-order valence-corrected chi connectivity index (χ3v) is 17.6. The molecule has 0 radical (unpaired) electrons. The number of amides is 12. The van der Waals surface area contributed by atoms with Gasteiger partial charge in [0.15, 0.2) is 11.9 Å². The van der Waals surface area contributed by atoms with Gasteiger partial charge in [0, 0.05) is 57.5 Å². The highest BCUT2D eigenvalue weighted by Gasteiger charge is 2.43. The van der Waals surface area contributed by atoms with Gasteiger partial charge in [-0.15, -0.1) is 0 Å². The van der Waals surface area contributed by atoms with Crippen LogP contribution in [0.1, 0.15) is 129 Å². The second kappa shape index (κ2) is 40.0. The number of guanidine groups is 2. The van der Waals surface area contributed by atoms with Crippen LogP contribution in [0.3, 0.4) is 0 Å². The molecule has 540 valence electrons. The summed E-state index contributed by atoms with van der Waals surface area (Å²) in [5.41, 5.74) is 28.2. The lowest BCUT2D eigenvalue weighted by Crippen LogP contribution is -2.61. The van der Waals surface area contributed by atoms with Gasteiger partial charge in [0.25, 0.3) is 0 Å². The number of H-pyrrole nitrogens is 1. The minimum absolute atomic E-state index is 0.0144. The molecule has 22 N–H and O–H groups in total. The number of aliphatic carboxylic acids is 1. The van der Waals surface area contributed by atoms with Gasteiger partial charge in [-0.25, -0.2) is 9.78 Å². The number of carbonyl (C=O) groups is 13. The van der Waals surface area contributed by atoms with E-state index in [1.54, 1.807) is 13.8 Å². The number of imidazole rings is 1. The number of carboxylic acids is 1. The quantitative estimate of drug-likeness (QED) is 0.0165. The Morgan fingerprint density at radius 3 is 1.67 bits per heavy atom. The highest BCUT2D eigenvalue weighted by atomic mass is 32.2. The summed E-state index contributed by atoms with van der Waals surface area (Å²) in [7, 11) is 0. The predicted molar refractivity (Wildman–Crippen MR) is 354 cm³/mol. The van der Waals surface area contributed by atoms with Crippen molar-refractivity contribution >= 4 is 101 Å². The summed E-state index contributed by atoms with van der Waals surface area (Å²) in [6.07, 6.45) is 7.91. The molecule has 1 aromatic rings. The van der Waals surface area contributed by atoms with Crippen molar-refractivity contribution in [2.24, 2.45) is 44.6 Å². The molecule has 0 saturated carbocycles. The molecule has 0 aromatic carbocycles. The Labute approximate surface area is 566 Å². The van der Waals surface area contributed by atoms with Crippen LogP contribution < -0.4 is 76.5 Å². The molecular formula is C60H99N21O15S. The molecule has 0 unspecified atom stereocenters. The van der Waals surface area contributed by atoms with Crippen molar-refractivity contribution < 1.29 is 72.5 Å². The molecule has 11 atom stereocenters. The molecule has 5 rings (SSSR count). The van der Waals surface area contributed by atoms with Crippen molar-refractivity contribution in [1.29, 1.82) is 0 Å². The first-order chi connectivity index (χ1) is 46.3. The minimum Gasteiger partial charge on any atom is -0.480 e. The number of aromatic amines is 1. The number of aliphatic hydroxyl groups is 1. The standard InChI is InChI=1S/C60H99N21O15S/c1-33(2)27-40(76-49(86)36(12-6-21-67-59(62)63)73-55(92)44-15-9-24-80(44)56(93)38(13-7-22-68-60(64)65)74-50(87)37-17-18-46(83)71-37)51(88)78-42(31-82)53(90)77-41(28-34-29-66-32-70-34)52(89)72-35(11-4-5-20-61)48(85)69-30-47(84)79-23-8-14-43(79)54(91)75-39(19-26-97-3)57(94)81-25-10-16-45(81)58(95)96/h29,32-33,35-45,82H,4-28,30-31,61H2,1-3H3,(H,66,70)(H,69,85)(H,71,83)(H,72,89)(H,73,92)(H,74,87)(H,75,91)(H,76,86)(H,77,90)(H,78,88)(H,95,96)(H4,62,63,67)(H4,64,65,68)/t35-,36-,37-,38-,39-,40-,41-,42-,43-,44-,45-/m0/s1. The van der Waals surface area contributed by atoms with E-state index in [-0.39, 0.29) is 146 Å². The van der Waals surface area contributed by atoms with Gasteiger partial charge in [0.05, 0.1) is 19.5 Å². The van der Waals surface area contributed by atoms with Crippen molar-refractivity contribution in [2.45, 2.75) is 196 Å². The lowest BCUT2D eigenvalue weighted by molar-refractivity contribution is -0.149. The van der Waals surface area contributed by atoms with E-state index in [4.69, 9.17) is 28.7 Å². The summed E-state index contributed by atoms with van der Waals surface area (Å²) in [4.78, 5) is 197. The number of aliphatic imine (C=N–C) groups is 2. The van der Waals surface area contributed by atoms with Gasteiger partial charge in [-0.3, -0.25) is 67.5 Å². The number of rotatable bonds is 40. The Hall–Kier alpha value is -8.87. The van der Waals surface area contributed by atoms with Gasteiger partial charge in [0.2, 0.25) is 70.9 Å². The molecule has 97 heavy (non-hydrogen) atoms. The van der Waals surface area contributed by atoms with Gasteiger partial charge >= 0.3 is 5.97 Å². The molecule has 4 saturated heterocycles. The first-order valence-electron chi connectivity index (χ1n) is 33.0. The Bertz CT molecular complexity index is 2950. The van der Waals surface area contributed by atoms with Crippen LogP contribution in [0.2, 0.25) is 0 Å². The number of nitrogens with one attached hydrogen (secondary N) is 10. The van der Waals surface area contributed by atoms with Crippen LogP contribution >= 0.6 is 11.8 Å². The summed E-state index contributed by atoms with van der Waals surface area (Å²) < 4.78 is 0. The number of unbranched alkanes of at least 4 members (excludes halogenated alkanes) is 1. The Balaban J connectivity index is 1.27. The fourth-order valence-corrected chi connectivity index (χ4v) is 12.4. The highest BCUT2D eigenvalue weighted by molar-refractivity contribution is 7.98. The molecule has 36 nitrogen and oxygen atoms in total. The number of aliphatic hydroxyl groups excluding tert-OH is 1. The summed E-state index contributed by atoms with van der Waals surface area (Å²) in [6, 6.07) is -13.6. The first-order valence-corrected chi connectivity index (χ1v) is 34.4. The van der Waals surface area contributed by atoms with Crippen molar-refractivity contribution in [3.8, 4) is 0 Å². The number of hydrogen-bond donors (Lipinski definition) is 17. The normalized spacial score (nSPS) is 19.6. The number of likely N-dealkylation sites (tertiary alicyclic amines) is 3. The van der Waals surface area contributed by atoms with Crippen LogP contribution in [0.15, 0.2) is 22.5 Å². The van der Waals surface area contributed by atoms with Crippen LogP contribution in [0.5, 0.6) is 0 Å². The molecule has 37 heteroatoms. The zero-order chi connectivity index (χ0) is 71.3. The monoisotopic (exact) mass is 1390 g/mol. The van der Waals surface area contributed by atoms with E-state index >= 15 is 0 Å². The molecule has 5 heterocycles. The number of nitrogens with zero attached hydrogens (tertiary/aromatic N) is 6. The van der Waals surface area contributed by atoms with E-state index in [9.17, 15) is 72.5 Å². The van der Waals surface area contributed by atoms with E-state index < -0.39 is 151 Å². The number of carbonyl (C=O) groups excluding carboxylic acids is 12. The number of hydrogen-bond acceptors (Lipinski definition) is 19. The van der Waals surface area contributed by atoms with Crippen molar-refractivity contribution in [1.82, 2.24) is 72.5 Å². The van der Waals surface area contributed by atoms with Gasteiger partial charge in [-0.05, 0) is 127 Å². The fraction of sp³-hybridized carbons (Fsp3) is 0.700. The van der Waals surface area contributed by atoms with E-state index in [2.05, 4.69) is 67.8 Å². The van der Waals surface area contributed by atoms with Gasteiger partial charge in [0.1, 0.15) is 66.5 Å². The van der Waals surface area contributed by atoms with Crippen LogP contribution in [-0.4, -0.2) is 255 Å². The van der Waals surface area contributed by atoms with Crippen LogP contribution in [-0.2, 0) is 68.7 Å². The summed E-state index contributed by atoms with van der Waals surface area (Å²) in [5, 5.41) is 44.1. The third kappa shape index (κ3) is 24.9. The SMILES string of the molecule is CSCC[C@H](NC(=O)[C@@H]1CCCN1C(=O)CNC(=O)[C@H](CCCCN)NC(=O)[C@H](Cc1cnc[nH]1)NC(=O)[C@H](CO)NC(=O)[C@H](CC(C)C)NC(=O)[C@H](CCCN=C(N)N)NC(=O)[C@@H]1CCCN1C(=O)[C@H](CCCN=C(N)N)NC(=O)[C@@H]1CCC(=O)N1)C(=O)N1CCC[C@H]1C(=O)O. The zero-order valence-corrected chi connectivity index (χ0v) is 56.2. The smallest absolute Gasteiger partial charge is 0.326 e. The molecule has 12 amide bonds. The van der Waals surface area contributed by atoms with Gasteiger partial charge in [-0.2, -0.15) is 11.8 Å². The van der Waals surface area contributed by atoms with Crippen LogP contribution in [0, 0.1) is 5.92 Å². The second-order valence-electron chi connectivity index (χ2n) is 24.8. The van der Waals surface area contributed by atoms with E-state index in [0.717, 1.165) is 0 Å². The maximum Gasteiger partial charge on any atom is 0.326 e. The largest absolute Gasteiger partial charge is 0.480 e. The van der Waals surface area contributed by atoms with Gasteiger partial charge in [-0.1, -0.05) is 13.8 Å². The summed E-state index contributed by atoms with van der Waals surface area (Å²) in [6.45, 7) is 2.74. The van der Waals surface area contributed by atoms with Crippen LogP contribution in [0.25, 0.3) is 0 Å². The van der Waals surface area contributed by atoms with Gasteiger partial charge < -0.3 is 106 Å². The second-order valence-corrected chi connectivity index (χ2v) is 25.8.